The number of piperazine rings is 1. The van der Waals surface area contributed by atoms with Gasteiger partial charge in [0.05, 0.1) is 0 Å². The molecule has 1 aliphatic heterocycles. The maximum atomic E-state index is 11.0. The van der Waals surface area contributed by atoms with Crippen LogP contribution in [0.3, 0.4) is 0 Å². The minimum Gasteiger partial charge on any atom is -0.476 e. The molecule has 1 saturated heterocycles. The first-order chi connectivity index (χ1) is 7.66. The number of hydrogen-bond acceptors (Lipinski definition) is 4. The van der Waals surface area contributed by atoms with Crippen LogP contribution >= 0.6 is 0 Å². The Balaban J connectivity index is 2.10. The number of hydrogen-bond donors (Lipinski definition) is 2. The van der Waals surface area contributed by atoms with Gasteiger partial charge in [-0.2, -0.15) is 5.10 Å². The molecule has 1 aromatic heterocycles. The fourth-order valence-corrected chi connectivity index (χ4v) is 1.94. The molecule has 0 amide bonds. The molecule has 1 aliphatic rings. The van der Waals surface area contributed by atoms with Crippen molar-refractivity contribution >= 4 is 5.97 Å². The molecule has 6 nitrogen and oxygen atoms in total. The predicted octanol–water partition coefficient (Wildman–Crippen LogP) is -0.476. The van der Waals surface area contributed by atoms with E-state index >= 15 is 0 Å². The minimum absolute atomic E-state index is 0.168. The number of carbonyl (C=O) groups is 1. The molecule has 0 spiro atoms. The summed E-state index contributed by atoms with van der Waals surface area (Å²) in [6, 6.07) is 0. The van der Waals surface area contributed by atoms with Crippen LogP contribution in [0, 0.1) is 0 Å². The standard InChI is InChI=1S/C10H16N4O2/c1-13-6-8(9(12-13)10(15)16)7-14-4-2-11-3-5-14/h6,11H,2-5,7H2,1H3,(H,15,16). The molecule has 6 heteroatoms. The Morgan fingerprint density at radius 1 is 1.56 bits per heavy atom. The Morgan fingerprint density at radius 3 is 2.88 bits per heavy atom. The van der Waals surface area contributed by atoms with E-state index in [0.29, 0.717) is 6.54 Å². The summed E-state index contributed by atoms with van der Waals surface area (Å²) in [5, 5.41) is 16.2. The first-order valence-electron chi connectivity index (χ1n) is 5.35. The molecule has 88 valence electrons. The zero-order valence-electron chi connectivity index (χ0n) is 9.31. The van der Waals surface area contributed by atoms with Crippen molar-refractivity contribution in [3.8, 4) is 0 Å². The number of nitrogens with zero attached hydrogens (tertiary/aromatic N) is 3. The van der Waals surface area contributed by atoms with E-state index in [-0.39, 0.29) is 5.69 Å². The third-order valence-corrected chi connectivity index (χ3v) is 2.71. The van der Waals surface area contributed by atoms with Crippen LogP contribution in [0.4, 0.5) is 0 Å². The molecular weight excluding hydrogens is 208 g/mol. The Bertz CT molecular complexity index is 382. The zero-order valence-corrected chi connectivity index (χ0v) is 9.31. The fourth-order valence-electron chi connectivity index (χ4n) is 1.94. The number of rotatable bonds is 3. The van der Waals surface area contributed by atoms with Gasteiger partial charge in [-0.15, -0.1) is 0 Å². The van der Waals surface area contributed by atoms with Gasteiger partial charge >= 0.3 is 5.97 Å². The maximum Gasteiger partial charge on any atom is 0.356 e. The van der Waals surface area contributed by atoms with Gasteiger partial charge in [0.1, 0.15) is 0 Å². The molecule has 0 bridgehead atoms. The quantitative estimate of drug-likeness (QED) is 0.726. The van der Waals surface area contributed by atoms with Crippen LogP contribution in [0.15, 0.2) is 6.20 Å². The maximum absolute atomic E-state index is 11.0. The summed E-state index contributed by atoms with van der Waals surface area (Å²) in [6.45, 7) is 4.49. The Kier molecular flexibility index (Phi) is 3.21. The lowest BCUT2D eigenvalue weighted by atomic mass is 10.2. The summed E-state index contributed by atoms with van der Waals surface area (Å²) < 4.78 is 1.56. The second-order valence-electron chi connectivity index (χ2n) is 4.01. The van der Waals surface area contributed by atoms with E-state index in [9.17, 15) is 4.79 Å². The highest BCUT2D eigenvalue weighted by atomic mass is 16.4. The van der Waals surface area contributed by atoms with E-state index in [1.54, 1.807) is 17.9 Å². The molecule has 0 aromatic carbocycles. The summed E-state index contributed by atoms with van der Waals surface area (Å²) in [5.74, 6) is -0.953. The highest BCUT2D eigenvalue weighted by Gasteiger charge is 2.18. The fraction of sp³-hybridized carbons (Fsp3) is 0.600. The molecule has 2 N–H and O–H groups in total. The van der Waals surface area contributed by atoms with Crippen molar-refractivity contribution in [1.82, 2.24) is 20.0 Å². The Labute approximate surface area is 93.9 Å². The van der Waals surface area contributed by atoms with Crippen LogP contribution < -0.4 is 5.32 Å². The van der Waals surface area contributed by atoms with Crippen LogP contribution in [0.25, 0.3) is 0 Å². The second-order valence-corrected chi connectivity index (χ2v) is 4.01. The SMILES string of the molecule is Cn1cc(CN2CCNCC2)c(C(=O)O)n1. The van der Waals surface area contributed by atoms with Crippen molar-refractivity contribution in [2.75, 3.05) is 26.2 Å². The summed E-state index contributed by atoms with van der Waals surface area (Å²) >= 11 is 0. The molecule has 0 aliphatic carbocycles. The van der Waals surface area contributed by atoms with Crippen LogP contribution in [0.5, 0.6) is 0 Å². The van der Waals surface area contributed by atoms with Crippen molar-refractivity contribution in [3.05, 3.63) is 17.5 Å². The van der Waals surface area contributed by atoms with Gasteiger partial charge in [-0.25, -0.2) is 4.79 Å². The van der Waals surface area contributed by atoms with Crippen LogP contribution in [0.2, 0.25) is 0 Å². The number of nitrogens with one attached hydrogen (secondary N) is 1. The highest BCUT2D eigenvalue weighted by molar-refractivity contribution is 5.86. The highest BCUT2D eigenvalue weighted by Crippen LogP contribution is 2.10. The number of aryl methyl sites for hydroxylation is 1. The van der Waals surface area contributed by atoms with E-state index in [1.807, 2.05) is 0 Å². The second kappa shape index (κ2) is 4.63. The smallest absolute Gasteiger partial charge is 0.356 e. The van der Waals surface area contributed by atoms with E-state index in [4.69, 9.17) is 5.11 Å². The van der Waals surface area contributed by atoms with E-state index in [1.165, 1.54) is 0 Å². The average Bonchev–Trinajstić information content (AvgIpc) is 2.61. The molecule has 2 heterocycles. The third-order valence-electron chi connectivity index (χ3n) is 2.71. The zero-order chi connectivity index (χ0) is 11.5. The average molecular weight is 224 g/mol. The topological polar surface area (TPSA) is 70.4 Å². The molecule has 0 unspecified atom stereocenters. The van der Waals surface area contributed by atoms with Gasteiger partial charge in [0, 0.05) is 51.5 Å². The minimum atomic E-state index is -0.953. The lowest BCUT2D eigenvalue weighted by Gasteiger charge is -2.26. The first-order valence-corrected chi connectivity index (χ1v) is 5.35. The monoisotopic (exact) mass is 224 g/mol. The third kappa shape index (κ3) is 2.40. The molecule has 2 rings (SSSR count). The van der Waals surface area contributed by atoms with Crippen LogP contribution in [0.1, 0.15) is 16.1 Å². The molecule has 0 atom stereocenters. The predicted molar refractivity (Wildman–Crippen MR) is 58.3 cm³/mol. The van der Waals surface area contributed by atoms with Gasteiger partial charge < -0.3 is 10.4 Å². The van der Waals surface area contributed by atoms with Crippen molar-refractivity contribution in [2.45, 2.75) is 6.54 Å². The molecule has 0 radical (unpaired) electrons. The van der Waals surface area contributed by atoms with Gasteiger partial charge in [-0.3, -0.25) is 9.58 Å². The normalized spacial score (nSPS) is 17.6. The number of aromatic nitrogens is 2. The molecule has 0 saturated carbocycles. The number of aromatic carboxylic acids is 1. The van der Waals surface area contributed by atoms with E-state index < -0.39 is 5.97 Å². The van der Waals surface area contributed by atoms with Crippen LogP contribution in [-0.4, -0.2) is 51.9 Å². The summed E-state index contributed by atoms with van der Waals surface area (Å²) in [7, 11) is 1.74. The first kappa shape index (κ1) is 11.1. The largest absolute Gasteiger partial charge is 0.476 e. The summed E-state index contributed by atoms with van der Waals surface area (Å²) in [4.78, 5) is 13.2. The van der Waals surface area contributed by atoms with Crippen molar-refractivity contribution in [2.24, 2.45) is 7.05 Å². The summed E-state index contributed by atoms with van der Waals surface area (Å²) in [5.41, 5.74) is 0.956. The Morgan fingerprint density at radius 2 is 2.25 bits per heavy atom. The van der Waals surface area contributed by atoms with E-state index in [2.05, 4.69) is 15.3 Å². The Hall–Kier alpha value is -1.40. The molecular formula is C10H16N4O2. The summed E-state index contributed by atoms with van der Waals surface area (Å²) in [6.07, 6.45) is 1.78. The molecule has 16 heavy (non-hydrogen) atoms. The molecule has 1 aromatic rings. The van der Waals surface area contributed by atoms with Gasteiger partial charge in [0.2, 0.25) is 0 Å². The van der Waals surface area contributed by atoms with Gasteiger partial charge in [-0.05, 0) is 0 Å². The lowest BCUT2D eigenvalue weighted by Crippen LogP contribution is -2.43. The van der Waals surface area contributed by atoms with Gasteiger partial charge in [0.25, 0.3) is 0 Å². The van der Waals surface area contributed by atoms with Crippen molar-refractivity contribution in [3.63, 3.8) is 0 Å². The van der Waals surface area contributed by atoms with Gasteiger partial charge in [0.15, 0.2) is 5.69 Å². The number of carboxylic acids is 1. The van der Waals surface area contributed by atoms with Crippen molar-refractivity contribution in [1.29, 1.82) is 0 Å². The van der Waals surface area contributed by atoms with Crippen LogP contribution in [-0.2, 0) is 13.6 Å². The lowest BCUT2D eigenvalue weighted by molar-refractivity contribution is 0.0687. The van der Waals surface area contributed by atoms with Gasteiger partial charge in [-0.1, -0.05) is 0 Å². The number of carboxylic acid groups (broad SMARTS) is 1. The van der Waals surface area contributed by atoms with E-state index in [0.717, 1.165) is 31.7 Å². The van der Waals surface area contributed by atoms with Crippen molar-refractivity contribution < 1.29 is 9.90 Å². The molecule has 1 fully saturated rings.